The van der Waals surface area contributed by atoms with Crippen LogP contribution in [-0.2, 0) is 16.1 Å². The molecule has 0 fully saturated rings. The molecule has 0 bridgehead atoms. The van der Waals surface area contributed by atoms with Crippen LogP contribution in [-0.4, -0.2) is 31.6 Å². The molecule has 4 heteroatoms. The van der Waals surface area contributed by atoms with E-state index in [0.29, 0.717) is 12.3 Å². The number of cyclic esters (lactones) is 1. The van der Waals surface area contributed by atoms with Gasteiger partial charge in [-0.2, -0.15) is 0 Å². The Morgan fingerprint density at radius 1 is 1.26 bits per heavy atom. The van der Waals surface area contributed by atoms with Crippen LogP contribution in [0.5, 0.6) is 0 Å². The molecular formula is C19H26N2O2. The summed E-state index contributed by atoms with van der Waals surface area (Å²) < 4.78 is 5.11. The highest BCUT2D eigenvalue weighted by Crippen LogP contribution is 2.26. The molecule has 1 N–H and O–H groups in total. The number of aryl methyl sites for hydroxylation is 1. The monoisotopic (exact) mass is 314 g/mol. The van der Waals surface area contributed by atoms with Crippen LogP contribution in [0.15, 0.2) is 46.8 Å². The first-order chi connectivity index (χ1) is 10.9. The van der Waals surface area contributed by atoms with E-state index in [0.717, 1.165) is 24.1 Å². The highest BCUT2D eigenvalue weighted by molar-refractivity contribution is 5.90. The first kappa shape index (κ1) is 17.1. The lowest BCUT2D eigenvalue weighted by molar-refractivity contribution is -0.140. The fourth-order valence-electron chi connectivity index (χ4n) is 2.78. The highest BCUT2D eigenvalue weighted by Gasteiger charge is 2.23. The summed E-state index contributed by atoms with van der Waals surface area (Å²) in [5, 5.41) is 2.99. The molecule has 23 heavy (non-hydrogen) atoms. The Labute approximate surface area is 138 Å². The van der Waals surface area contributed by atoms with E-state index in [-0.39, 0.29) is 5.97 Å². The van der Waals surface area contributed by atoms with Crippen LogP contribution in [0.3, 0.4) is 0 Å². The second-order valence-electron chi connectivity index (χ2n) is 6.04. The molecule has 1 aromatic rings. The fraction of sp³-hybridized carbons (Fsp3) is 0.421. The lowest BCUT2D eigenvalue weighted by Crippen LogP contribution is -2.27. The standard InChI is InChI=1S/C19H26N2O2/c1-13-6-8-16(9-7-13)12-21(5)15(3)14(2)17-10-11-23-19(22)18(17)20-4/h6-9,20H,10-12H2,1-5H3/b15-14+. The maximum Gasteiger partial charge on any atom is 0.354 e. The van der Waals surface area contributed by atoms with Crippen LogP contribution in [0.2, 0.25) is 0 Å². The smallest absolute Gasteiger partial charge is 0.354 e. The quantitative estimate of drug-likeness (QED) is 0.848. The second kappa shape index (κ2) is 7.36. The van der Waals surface area contributed by atoms with Crippen molar-refractivity contribution >= 4 is 5.97 Å². The minimum Gasteiger partial charge on any atom is -0.461 e. The molecule has 1 aromatic carbocycles. The van der Waals surface area contributed by atoms with Gasteiger partial charge in [0.1, 0.15) is 5.70 Å². The molecule has 124 valence electrons. The summed E-state index contributed by atoms with van der Waals surface area (Å²) in [5.74, 6) is -0.262. The molecule has 1 heterocycles. The van der Waals surface area contributed by atoms with E-state index in [1.54, 1.807) is 7.05 Å². The maximum absolute atomic E-state index is 11.9. The number of ether oxygens (including phenoxy) is 1. The average Bonchev–Trinajstić information content (AvgIpc) is 2.55. The van der Waals surface area contributed by atoms with Gasteiger partial charge in [-0.05, 0) is 37.5 Å². The van der Waals surface area contributed by atoms with E-state index >= 15 is 0 Å². The van der Waals surface area contributed by atoms with E-state index in [1.807, 2.05) is 0 Å². The van der Waals surface area contributed by atoms with Crippen molar-refractivity contribution in [3.8, 4) is 0 Å². The van der Waals surface area contributed by atoms with Crippen LogP contribution in [0, 0.1) is 6.92 Å². The molecule has 0 aromatic heterocycles. The number of benzene rings is 1. The summed E-state index contributed by atoms with van der Waals surface area (Å²) in [6.07, 6.45) is 0.753. The van der Waals surface area contributed by atoms with Gasteiger partial charge in [0.25, 0.3) is 0 Å². The van der Waals surface area contributed by atoms with Gasteiger partial charge in [-0.15, -0.1) is 0 Å². The number of hydrogen-bond acceptors (Lipinski definition) is 4. The summed E-state index contributed by atoms with van der Waals surface area (Å²) in [6, 6.07) is 8.58. The normalized spacial score (nSPS) is 16.0. The van der Waals surface area contributed by atoms with Gasteiger partial charge in [-0.1, -0.05) is 29.8 Å². The van der Waals surface area contributed by atoms with Gasteiger partial charge in [0.2, 0.25) is 0 Å². The summed E-state index contributed by atoms with van der Waals surface area (Å²) in [5.41, 5.74) is 6.48. The van der Waals surface area contributed by atoms with Gasteiger partial charge in [0, 0.05) is 32.8 Å². The molecule has 0 saturated heterocycles. The van der Waals surface area contributed by atoms with Crippen LogP contribution in [0.4, 0.5) is 0 Å². The van der Waals surface area contributed by atoms with Gasteiger partial charge < -0.3 is 15.0 Å². The van der Waals surface area contributed by atoms with Crippen LogP contribution in [0.1, 0.15) is 31.4 Å². The topological polar surface area (TPSA) is 41.6 Å². The molecule has 0 radical (unpaired) electrons. The summed E-state index contributed by atoms with van der Waals surface area (Å²) in [6.45, 7) is 7.56. The van der Waals surface area contributed by atoms with E-state index in [1.165, 1.54) is 16.8 Å². The van der Waals surface area contributed by atoms with Crippen LogP contribution in [0.25, 0.3) is 0 Å². The number of nitrogens with zero attached hydrogens (tertiary/aromatic N) is 1. The Morgan fingerprint density at radius 3 is 2.52 bits per heavy atom. The van der Waals surface area contributed by atoms with Gasteiger partial charge >= 0.3 is 5.97 Å². The Hall–Kier alpha value is -2.23. The van der Waals surface area contributed by atoms with E-state index in [2.05, 4.69) is 62.3 Å². The number of allylic oxidation sites excluding steroid dienone is 2. The zero-order valence-electron chi connectivity index (χ0n) is 14.7. The lowest BCUT2D eigenvalue weighted by Gasteiger charge is -2.26. The first-order valence-corrected chi connectivity index (χ1v) is 7.96. The van der Waals surface area contributed by atoms with Crippen LogP contribution < -0.4 is 5.32 Å². The molecule has 0 unspecified atom stereocenters. The van der Waals surface area contributed by atoms with Crippen molar-refractivity contribution in [2.45, 2.75) is 33.7 Å². The van der Waals surface area contributed by atoms with Crippen molar-refractivity contribution < 1.29 is 9.53 Å². The molecule has 0 aliphatic carbocycles. The third kappa shape index (κ3) is 3.95. The Bertz CT molecular complexity index is 642. The fourth-order valence-corrected chi connectivity index (χ4v) is 2.78. The molecule has 0 spiro atoms. The number of esters is 1. The third-order valence-corrected chi connectivity index (χ3v) is 4.45. The predicted molar refractivity (Wildman–Crippen MR) is 92.7 cm³/mol. The second-order valence-corrected chi connectivity index (χ2v) is 6.04. The van der Waals surface area contributed by atoms with Crippen molar-refractivity contribution in [2.24, 2.45) is 0 Å². The molecule has 0 saturated carbocycles. The van der Waals surface area contributed by atoms with Gasteiger partial charge in [-0.3, -0.25) is 0 Å². The number of nitrogens with one attached hydrogen (secondary N) is 1. The average molecular weight is 314 g/mol. The predicted octanol–water partition coefficient (Wildman–Crippen LogP) is 3.14. The molecule has 0 atom stereocenters. The molecule has 1 aliphatic rings. The summed E-state index contributed by atoms with van der Waals surface area (Å²) in [4.78, 5) is 14.1. The summed E-state index contributed by atoms with van der Waals surface area (Å²) >= 11 is 0. The van der Waals surface area contributed by atoms with Gasteiger partial charge in [-0.25, -0.2) is 4.79 Å². The van der Waals surface area contributed by atoms with Crippen molar-refractivity contribution in [1.82, 2.24) is 10.2 Å². The van der Waals surface area contributed by atoms with Crippen molar-refractivity contribution in [2.75, 3.05) is 20.7 Å². The Balaban J connectivity index is 2.24. The maximum atomic E-state index is 11.9. The number of hydrogen-bond donors (Lipinski definition) is 1. The SMILES string of the molecule is CNC1=C(/C(C)=C(\C)N(C)Cc2ccc(C)cc2)CCOC1=O. The largest absolute Gasteiger partial charge is 0.461 e. The van der Waals surface area contributed by atoms with E-state index in [4.69, 9.17) is 4.74 Å². The number of carbonyl (C=O) groups excluding carboxylic acids is 1. The Kier molecular flexibility index (Phi) is 5.48. The zero-order chi connectivity index (χ0) is 17.0. The van der Waals surface area contributed by atoms with Gasteiger partial charge in [0.05, 0.1) is 6.61 Å². The lowest BCUT2D eigenvalue weighted by atomic mass is 9.98. The Morgan fingerprint density at radius 2 is 1.91 bits per heavy atom. The molecule has 0 amide bonds. The van der Waals surface area contributed by atoms with Crippen LogP contribution >= 0.6 is 0 Å². The van der Waals surface area contributed by atoms with E-state index in [9.17, 15) is 4.79 Å². The minimum atomic E-state index is -0.262. The van der Waals surface area contributed by atoms with Crippen molar-refractivity contribution in [3.63, 3.8) is 0 Å². The summed E-state index contributed by atoms with van der Waals surface area (Å²) in [7, 11) is 3.85. The minimum absolute atomic E-state index is 0.262. The third-order valence-electron chi connectivity index (χ3n) is 4.45. The number of carbonyl (C=O) groups is 1. The molecule has 4 nitrogen and oxygen atoms in total. The number of likely N-dealkylation sites (N-methyl/N-ethyl adjacent to an activating group) is 1. The molecular weight excluding hydrogens is 288 g/mol. The first-order valence-electron chi connectivity index (χ1n) is 7.96. The van der Waals surface area contributed by atoms with Gasteiger partial charge in [0.15, 0.2) is 0 Å². The van der Waals surface area contributed by atoms with E-state index < -0.39 is 0 Å². The highest BCUT2D eigenvalue weighted by atomic mass is 16.5. The zero-order valence-corrected chi connectivity index (χ0v) is 14.7. The number of rotatable bonds is 5. The molecule has 2 rings (SSSR count). The molecule has 1 aliphatic heterocycles. The van der Waals surface area contributed by atoms with Crippen molar-refractivity contribution in [1.29, 1.82) is 0 Å². The van der Waals surface area contributed by atoms with Crippen molar-refractivity contribution in [3.05, 3.63) is 57.9 Å².